The first-order valence-electron chi connectivity index (χ1n) is 9.50. The van der Waals surface area contributed by atoms with Gasteiger partial charge in [-0.3, -0.25) is 4.79 Å². The van der Waals surface area contributed by atoms with E-state index in [2.05, 4.69) is 19.2 Å². The number of rotatable bonds is 4. The number of carbonyl (C=O) groups excluding carboxylic acids is 1. The fourth-order valence-corrected chi connectivity index (χ4v) is 4.28. The number of quaternary nitrogens is 1. The highest BCUT2D eigenvalue weighted by molar-refractivity contribution is 6.00. The number of likely N-dealkylation sites (N-methyl/N-ethyl adjacent to an activating group) is 1. The summed E-state index contributed by atoms with van der Waals surface area (Å²) < 4.78 is 12.1. The number of Topliss-reactive ketones (excluding diaryl/α,β-unsaturated/α-hetero) is 1. The predicted molar refractivity (Wildman–Crippen MR) is 101 cm³/mol. The first-order chi connectivity index (χ1) is 12.7. The molecule has 1 atom stereocenters. The second-order valence-electron chi connectivity index (χ2n) is 7.52. The second kappa shape index (κ2) is 8.61. The van der Waals surface area contributed by atoms with Crippen molar-refractivity contribution >= 4 is 5.78 Å². The quantitative estimate of drug-likeness (QED) is 0.373. The zero-order valence-electron chi connectivity index (χ0n) is 15.7. The van der Waals surface area contributed by atoms with Crippen LogP contribution >= 0.6 is 0 Å². The summed E-state index contributed by atoms with van der Waals surface area (Å²) in [6, 6.07) is 15.6. The summed E-state index contributed by atoms with van der Waals surface area (Å²) in [4.78, 5) is 13.6. The van der Waals surface area contributed by atoms with E-state index in [1.165, 1.54) is 19.3 Å². The number of hydrogen-bond donors (Lipinski definition) is 0. The topological polar surface area (TPSA) is 35.5 Å². The van der Waals surface area contributed by atoms with Crippen molar-refractivity contribution in [3.05, 3.63) is 59.7 Å². The predicted octanol–water partition coefficient (Wildman–Crippen LogP) is 1.02. The van der Waals surface area contributed by atoms with Crippen LogP contribution in [-0.4, -0.2) is 43.6 Å². The lowest BCUT2D eigenvalue weighted by Crippen LogP contribution is -3.00. The Morgan fingerprint density at radius 3 is 2.30 bits per heavy atom. The maximum Gasteiger partial charge on any atom is 0.224 e. The molecule has 0 radical (unpaired) electrons. The van der Waals surface area contributed by atoms with Crippen molar-refractivity contribution in [2.24, 2.45) is 0 Å². The van der Waals surface area contributed by atoms with E-state index in [0.29, 0.717) is 24.5 Å². The zero-order valence-corrected chi connectivity index (χ0v) is 17.9. The van der Waals surface area contributed by atoms with Crippen molar-refractivity contribution in [1.29, 1.82) is 0 Å². The van der Waals surface area contributed by atoms with Crippen molar-refractivity contribution in [3.63, 3.8) is 0 Å². The number of ketones is 1. The number of halogens is 1. The molecule has 2 aromatic rings. The van der Waals surface area contributed by atoms with Crippen molar-refractivity contribution in [2.75, 3.05) is 33.4 Å². The number of likely N-dealkylation sites (tertiary alicyclic amines) is 1. The number of nitrogens with zero attached hydrogens (tertiary/aromatic N) is 1. The van der Waals surface area contributed by atoms with Crippen LogP contribution in [-0.2, 0) is 0 Å². The minimum Gasteiger partial charge on any atom is -1.00 e. The molecule has 5 heteroatoms. The van der Waals surface area contributed by atoms with E-state index in [4.69, 9.17) is 9.47 Å². The molecule has 2 aromatic carbocycles. The van der Waals surface area contributed by atoms with Crippen LogP contribution in [0, 0.1) is 0 Å². The minimum atomic E-state index is -0.181. The minimum absolute atomic E-state index is 0. The van der Waals surface area contributed by atoms with E-state index < -0.39 is 0 Å². The Labute approximate surface area is 178 Å². The van der Waals surface area contributed by atoms with Crippen LogP contribution in [0.1, 0.15) is 41.2 Å². The monoisotopic (exact) mass is 479 g/mol. The molecule has 0 amide bonds. The van der Waals surface area contributed by atoms with Gasteiger partial charge in [0.1, 0.15) is 13.2 Å². The van der Waals surface area contributed by atoms with E-state index >= 15 is 0 Å². The Balaban J connectivity index is 0.00000210. The van der Waals surface area contributed by atoms with Gasteiger partial charge in [-0.25, -0.2) is 0 Å². The van der Waals surface area contributed by atoms with Gasteiger partial charge in [0.05, 0.1) is 20.1 Å². The molecule has 0 saturated carbocycles. The van der Waals surface area contributed by atoms with Gasteiger partial charge in [0.2, 0.25) is 5.78 Å². The fourth-order valence-electron chi connectivity index (χ4n) is 4.28. The van der Waals surface area contributed by atoms with Crippen LogP contribution in [0.4, 0.5) is 0 Å². The molecule has 0 spiro atoms. The molecule has 0 bridgehead atoms. The first kappa shape index (κ1) is 20.1. The summed E-state index contributed by atoms with van der Waals surface area (Å²) in [7, 11) is 2.23. The lowest BCUT2D eigenvalue weighted by Gasteiger charge is -2.43. The van der Waals surface area contributed by atoms with Crippen LogP contribution in [0.15, 0.2) is 48.5 Å². The van der Waals surface area contributed by atoms with Crippen LogP contribution in [0.25, 0.3) is 0 Å². The first-order valence-corrected chi connectivity index (χ1v) is 9.50. The van der Waals surface area contributed by atoms with Crippen LogP contribution < -0.4 is 33.5 Å². The summed E-state index contributed by atoms with van der Waals surface area (Å²) in [6.07, 6.45) is 3.61. The summed E-state index contributed by atoms with van der Waals surface area (Å²) >= 11 is 0. The van der Waals surface area contributed by atoms with Crippen LogP contribution in [0.2, 0.25) is 0 Å². The largest absolute Gasteiger partial charge is 1.00 e. The second-order valence-corrected chi connectivity index (χ2v) is 7.52. The van der Waals surface area contributed by atoms with Gasteiger partial charge in [0.15, 0.2) is 17.5 Å². The normalized spacial score (nSPS) is 18.9. The van der Waals surface area contributed by atoms with E-state index in [0.717, 1.165) is 28.9 Å². The van der Waals surface area contributed by atoms with Gasteiger partial charge in [-0.1, -0.05) is 30.3 Å². The summed E-state index contributed by atoms with van der Waals surface area (Å²) in [6.45, 7) is 3.16. The maximum absolute atomic E-state index is 13.6. The summed E-state index contributed by atoms with van der Waals surface area (Å²) in [5.41, 5.74) is 1.80. The molecule has 27 heavy (non-hydrogen) atoms. The van der Waals surface area contributed by atoms with Crippen molar-refractivity contribution < 1.29 is 42.7 Å². The molecular weight excluding hydrogens is 453 g/mol. The Hall–Kier alpha value is -1.60. The number of hydrogen-bond acceptors (Lipinski definition) is 3. The number of benzene rings is 2. The molecule has 2 heterocycles. The van der Waals surface area contributed by atoms with Gasteiger partial charge in [0, 0.05) is 11.1 Å². The molecule has 1 unspecified atom stereocenters. The highest BCUT2D eigenvalue weighted by atomic mass is 127. The van der Waals surface area contributed by atoms with E-state index in [9.17, 15) is 4.79 Å². The van der Waals surface area contributed by atoms with Gasteiger partial charge in [0.25, 0.3) is 0 Å². The van der Waals surface area contributed by atoms with Crippen molar-refractivity contribution in [2.45, 2.75) is 25.3 Å². The Morgan fingerprint density at radius 2 is 1.59 bits per heavy atom. The molecule has 4 nitrogen and oxygen atoms in total. The number of piperidine rings is 1. The third-order valence-corrected chi connectivity index (χ3v) is 5.65. The summed E-state index contributed by atoms with van der Waals surface area (Å²) in [5.74, 6) is 1.57. The average Bonchev–Trinajstić information content (AvgIpc) is 2.69. The molecular formula is C22H26INO3. The molecule has 2 aliphatic heterocycles. The zero-order chi connectivity index (χ0) is 18.0. The Bertz CT molecular complexity index is 787. The van der Waals surface area contributed by atoms with Gasteiger partial charge in [-0.2, -0.15) is 0 Å². The SMILES string of the molecule is C[N+]1(C(C(=O)c2ccc3c(c2)OCCO3)c2ccccc2)CCCCC1.[I-]. The fraction of sp³-hybridized carbons (Fsp3) is 0.409. The number of fused-ring (bicyclic) bond motifs is 1. The van der Waals surface area contributed by atoms with E-state index in [-0.39, 0.29) is 35.8 Å². The third kappa shape index (κ3) is 4.14. The van der Waals surface area contributed by atoms with Crippen LogP contribution in [0.5, 0.6) is 11.5 Å². The molecule has 4 rings (SSSR count). The lowest BCUT2D eigenvalue weighted by molar-refractivity contribution is -0.933. The van der Waals surface area contributed by atoms with E-state index in [1.807, 2.05) is 36.4 Å². The van der Waals surface area contributed by atoms with Gasteiger partial charge < -0.3 is 37.9 Å². The molecule has 1 saturated heterocycles. The van der Waals surface area contributed by atoms with Crippen molar-refractivity contribution in [3.8, 4) is 11.5 Å². The molecule has 0 aromatic heterocycles. The molecule has 1 fully saturated rings. The lowest BCUT2D eigenvalue weighted by atomic mass is 9.91. The molecule has 144 valence electrons. The van der Waals surface area contributed by atoms with Crippen molar-refractivity contribution in [1.82, 2.24) is 0 Å². The molecule has 2 aliphatic rings. The Morgan fingerprint density at radius 1 is 0.926 bits per heavy atom. The third-order valence-electron chi connectivity index (χ3n) is 5.65. The average molecular weight is 479 g/mol. The molecule has 0 N–H and O–H groups in total. The summed E-state index contributed by atoms with van der Waals surface area (Å²) in [5, 5.41) is 0. The standard InChI is InChI=1S/C22H26NO3.HI/c1-23(12-6-3-7-13-23)21(17-8-4-2-5-9-17)22(24)18-10-11-19-20(16-18)26-15-14-25-19;/h2,4-5,8-11,16,21H,3,6-7,12-15H2,1H3;1H/q+1;/p-1. The van der Waals surface area contributed by atoms with Crippen LogP contribution in [0.3, 0.4) is 0 Å². The van der Waals surface area contributed by atoms with Gasteiger partial charge in [-0.05, 0) is 37.5 Å². The molecule has 0 aliphatic carbocycles. The van der Waals surface area contributed by atoms with Gasteiger partial charge >= 0.3 is 0 Å². The number of ether oxygens (including phenoxy) is 2. The highest BCUT2D eigenvalue weighted by Crippen LogP contribution is 2.37. The maximum atomic E-state index is 13.6. The van der Waals surface area contributed by atoms with E-state index in [1.54, 1.807) is 0 Å². The highest BCUT2D eigenvalue weighted by Gasteiger charge is 2.41. The Kier molecular flexibility index (Phi) is 6.42. The van der Waals surface area contributed by atoms with Gasteiger partial charge in [-0.15, -0.1) is 0 Å². The smallest absolute Gasteiger partial charge is 0.224 e. The number of carbonyl (C=O) groups is 1.